The average molecular weight is 225 g/mol. The number of hydrogen-bond donors (Lipinski definition) is 1. The molecular weight excluding hydrogens is 206 g/mol. The summed E-state index contributed by atoms with van der Waals surface area (Å²) in [6.07, 6.45) is 25.7. The molecule has 0 amide bonds. The van der Waals surface area contributed by atoms with Gasteiger partial charge in [0.25, 0.3) is 0 Å². The van der Waals surface area contributed by atoms with Crippen molar-refractivity contribution in [2.75, 3.05) is 0 Å². The summed E-state index contributed by atoms with van der Waals surface area (Å²) in [5.41, 5.74) is 2.60. The quantitative estimate of drug-likeness (QED) is 0.744. The molecule has 2 aliphatic rings. The Bertz CT molecular complexity index is 377. The Balaban J connectivity index is 2.00. The molecule has 1 nitrogen and oxygen atoms in total. The van der Waals surface area contributed by atoms with Crippen molar-refractivity contribution in [2.24, 2.45) is 0 Å². The molecule has 0 spiro atoms. The lowest BCUT2D eigenvalue weighted by molar-refractivity contribution is 0.792. The zero-order valence-electron chi connectivity index (χ0n) is 10.1. The summed E-state index contributed by atoms with van der Waals surface area (Å²) in [5.74, 6) is 0. The van der Waals surface area contributed by atoms with Crippen molar-refractivity contribution in [3.8, 4) is 0 Å². The molecule has 2 rings (SSSR count). The van der Waals surface area contributed by atoms with Crippen LogP contribution in [0, 0.1) is 0 Å². The van der Waals surface area contributed by atoms with Gasteiger partial charge in [-0.3, -0.25) is 0 Å². The van der Waals surface area contributed by atoms with Gasteiger partial charge in [0, 0.05) is 11.4 Å². The van der Waals surface area contributed by atoms with E-state index in [1.165, 1.54) is 11.4 Å². The molecule has 88 valence electrons. The van der Waals surface area contributed by atoms with E-state index in [9.17, 15) is 0 Å². The lowest BCUT2D eigenvalue weighted by Gasteiger charge is -2.14. The Labute approximate surface area is 104 Å². The molecule has 0 saturated carbocycles. The molecule has 1 N–H and O–H groups in total. The largest absolute Gasteiger partial charge is 0.362 e. The predicted molar refractivity (Wildman–Crippen MR) is 74.3 cm³/mol. The number of rotatable bonds is 2. The highest BCUT2D eigenvalue weighted by Crippen LogP contribution is 2.12. The van der Waals surface area contributed by atoms with Crippen LogP contribution in [0.2, 0.25) is 0 Å². The molecular formula is C16H19N. The van der Waals surface area contributed by atoms with E-state index in [1.807, 2.05) is 0 Å². The second-order valence-electron chi connectivity index (χ2n) is 4.21. The zero-order chi connectivity index (χ0) is 11.8. The van der Waals surface area contributed by atoms with Crippen molar-refractivity contribution >= 4 is 0 Å². The van der Waals surface area contributed by atoms with Crippen LogP contribution < -0.4 is 5.32 Å². The normalized spacial score (nSPS) is 33.4. The molecule has 0 bridgehead atoms. The molecule has 0 aromatic carbocycles. The first kappa shape index (κ1) is 11.7. The third-order valence-corrected chi connectivity index (χ3v) is 2.79. The Morgan fingerprint density at radius 2 is 1.18 bits per heavy atom. The highest BCUT2D eigenvalue weighted by Gasteiger charge is 2.00. The van der Waals surface area contributed by atoms with E-state index in [4.69, 9.17) is 0 Å². The van der Waals surface area contributed by atoms with Crippen molar-refractivity contribution in [2.45, 2.75) is 25.7 Å². The van der Waals surface area contributed by atoms with Crippen LogP contribution in [0.5, 0.6) is 0 Å². The molecule has 0 aromatic heterocycles. The lowest BCUT2D eigenvalue weighted by atomic mass is 10.1. The van der Waals surface area contributed by atoms with Crippen molar-refractivity contribution in [1.29, 1.82) is 0 Å². The smallest absolute Gasteiger partial charge is 0.0151 e. The van der Waals surface area contributed by atoms with E-state index < -0.39 is 0 Å². The van der Waals surface area contributed by atoms with Crippen molar-refractivity contribution in [3.05, 3.63) is 72.2 Å². The summed E-state index contributed by atoms with van der Waals surface area (Å²) in [4.78, 5) is 0. The minimum atomic E-state index is 1.08. The molecule has 0 aliphatic heterocycles. The lowest BCUT2D eigenvalue weighted by Crippen LogP contribution is -2.13. The van der Waals surface area contributed by atoms with Gasteiger partial charge in [-0.05, 0) is 37.8 Å². The summed E-state index contributed by atoms with van der Waals surface area (Å²) in [7, 11) is 0. The third kappa shape index (κ3) is 4.31. The van der Waals surface area contributed by atoms with E-state index in [2.05, 4.69) is 66.1 Å². The first-order valence-electron chi connectivity index (χ1n) is 6.27. The second-order valence-corrected chi connectivity index (χ2v) is 4.21. The SMILES string of the molecule is C1=C\C=C(\N/C2=C/C=C\C=C/CC2)CC\C=C/1. The van der Waals surface area contributed by atoms with Gasteiger partial charge >= 0.3 is 0 Å². The first-order chi connectivity index (χ1) is 8.45. The summed E-state index contributed by atoms with van der Waals surface area (Å²) in [6, 6.07) is 0. The van der Waals surface area contributed by atoms with Crippen LogP contribution in [-0.4, -0.2) is 0 Å². The molecule has 2 aliphatic carbocycles. The number of allylic oxidation sites excluding steroid dienone is 12. The van der Waals surface area contributed by atoms with E-state index in [1.54, 1.807) is 0 Å². The van der Waals surface area contributed by atoms with Gasteiger partial charge in [0.15, 0.2) is 0 Å². The molecule has 0 atom stereocenters. The van der Waals surface area contributed by atoms with Crippen LogP contribution in [0.15, 0.2) is 72.2 Å². The van der Waals surface area contributed by atoms with Gasteiger partial charge in [0.2, 0.25) is 0 Å². The van der Waals surface area contributed by atoms with Gasteiger partial charge in [0.1, 0.15) is 0 Å². The first-order valence-corrected chi connectivity index (χ1v) is 6.27. The minimum absolute atomic E-state index is 1.08. The molecule has 0 fully saturated rings. The summed E-state index contributed by atoms with van der Waals surface area (Å²) < 4.78 is 0. The van der Waals surface area contributed by atoms with Crippen molar-refractivity contribution < 1.29 is 0 Å². The topological polar surface area (TPSA) is 12.0 Å². The highest BCUT2D eigenvalue weighted by atomic mass is 14.9. The highest BCUT2D eigenvalue weighted by molar-refractivity contribution is 5.25. The average Bonchev–Trinajstić information content (AvgIpc) is 2.24. The van der Waals surface area contributed by atoms with Crippen LogP contribution in [0.1, 0.15) is 25.7 Å². The standard InChI is InChI=1S/C16H19N/c1-3-7-11-15(12-8-4-1)17-16-13-9-5-2-6-10-14-16/h1-7,9,11,13,17H,8,10,12,14H2/b4-1-,6-2-,7-3-,9-5-,15-11+,16-13+. The predicted octanol–water partition coefficient (Wildman–Crippen LogP) is 4.16. The molecule has 17 heavy (non-hydrogen) atoms. The number of hydrogen-bond acceptors (Lipinski definition) is 1. The molecule has 0 radical (unpaired) electrons. The summed E-state index contributed by atoms with van der Waals surface area (Å²) >= 11 is 0. The Hall–Kier alpha value is -1.76. The van der Waals surface area contributed by atoms with E-state index in [-0.39, 0.29) is 0 Å². The maximum atomic E-state index is 3.55. The van der Waals surface area contributed by atoms with Crippen LogP contribution in [0.25, 0.3) is 0 Å². The summed E-state index contributed by atoms with van der Waals surface area (Å²) in [5, 5.41) is 3.55. The maximum Gasteiger partial charge on any atom is 0.0151 e. The molecule has 0 heterocycles. The maximum absolute atomic E-state index is 3.55. The molecule has 0 unspecified atom stereocenters. The van der Waals surface area contributed by atoms with Gasteiger partial charge in [-0.1, -0.05) is 48.6 Å². The number of nitrogens with one attached hydrogen (secondary N) is 1. The van der Waals surface area contributed by atoms with Crippen LogP contribution in [-0.2, 0) is 0 Å². The van der Waals surface area contributed by atoms with Crippen molar-refractivity contribution in [1.82, 2.24) is 5.32 Å². The van der Waals surface area contributed by atoms with Crippen LogP contribution in [0.4, 0.5) is 0 Å². The fraction of sp³-hybridized carbons (Fsp3) is 0.250. The van der Waals surface area contributed by atoms with Crippen LogP contribution >= 0.6 is 0 Å². The van der Waals surface area contributed by atoms with E-state index >= 15 is 0 Å². The van der Waals surface area contributed by atoms with Gasteiger partial charge in [-0.2, -0.15) is 0 Å². The van der Waals surface area contributed by atoms with Gasteiger partial charge in [-0.25, -0.2) is 0 Å². The summed E-state index contributed by atoms with van der Waals surface area (Å²) in [6.45, 7) is 0. The zero-order valence-corrected chi connectivity index (χ0v) is 10.1. The fourth-order valence-electron chi connectivity index (χ4n) is 1.88. The van der Waals surface area contributed by atoms with Gasteiger partial charge < -0.3 is 5.32 Å². The van der Waals surface area contributed by atoms with E-state index in [0.29, 0.717) is 0 Å². The Kier molecular flexibility index (Phi) is 4.65. The molecule has 0 aromatic rings. The van der Waals surface area contributed by atoms with Gasteiger partial charge in [-0.15, -0.1) is 0 Å². The Morgan fingerprint density at radius 3 is 1.71 bits per heavy atom. The minimum Gasteiger partial charge on any atom is -0.362 e. The third-order valence-electron chi connectivity index (χ3n) is 2.79. The molecule has 1 heteroatoms. The second kappa shape index (κ2) is 6.74. The Morgan fingerprint density at radius 1 is 0.647 bits per heavy atom. The monoisotopic (exact) mass is 225 g/mol. The van der Waals surface area contributed by atoms with Crippen LogP contribution in [0.3, 0.4) is 0 Å². The van der Waals surface area contributed by atoms with E-state index in [0.717, 1.165) is 25.7 Å². The molecule has 0 saturated heterocycles. The fourth-order valence-corrected chi connectivity index (χ4v) is 1.88. The van der Waals surface area contributed by atoms with Gasteiger partial charge in [0.05, 0.1) is 0 Å². The van der Waals surface area contributed by atoms with Crippen molar-refractivity contribution in [3.63, 3.8) is 0 Å².